The molecule has 0 spiro atoms. The normalized spacial score (nSPS) is 14.2. The van der Waals surface area contributed by atoms with Gasteiger partial charge in [-0.3, -0.25) is 0 Å². The summed E-state index contributed by atoms with van der Waals surface area (Å²) >= 11 is 0. The highest BCUT2D eigenvalue weighted by molar-refractivity contribution is 5.89. The number of nitriles is 1. The number of halogens is 1. The number of rotatable bonds is 5. The molecule has 1 saturated heterocycles. The maximum atomic E-state index is 14.3. The molecule has 164 valence electrons. The lowest BCUT2D eigenvalue weighted by Gasteiger charge is -2.33. The first kappa shape index (κ1) is 21.5. The number of benzene rings is 2. The quantitative estimate of drug-likeness (QED) is 0.566. The highest BCUT2D eigenvalue weighted by Gasteiger charge is 2.20. The summed E-state index contributed by atoms with van der Waals surface area (Å²) in [6, 6.07) is 15.5. The number of esters is 1. The van der Waals surface area contributed by atoms with Gasteiger partial charge < -0.3 is 14.4 Å². The number of methoxy groups -OCH3 is 2. The van der Waals surface area contributed by atoms with E-state index in [1.54, 1.807) is 23.9 Å². The topological polar surface area (TPSA) is 80.4 Å². The van der Waals surface area contributed by atoms with E-state index >= 15 is 0 Å². The van der Waals surface area contributed by atoms with Gasteiger partial charge in [-0.2, -0.15) is 10.4 Å². The predicted molar refractivity (Wildman–Crippen MR) is 117 cm³/mol. The van der Waals surface area contributed by atoms with Crippen molar-refractivity contribution in [2.75, 3.05) is 32.2 Å². The molecule has 0 amide bonds. The van der Waals surface area contributed by atoms with E-state index in [4.69, 9.17) is 14.7 Å². The van der Waals surface area contributed by atoms with Crippen LogP contribution in [-0.2, 0) is 9.47 Å². The third-order valence-electron chi connectivity index (χ3n) is 5.72. The molecule has 3 aromatic rings. The van der Waals surface area contributed by atoms with Crippen molar-refractivity contribution in [3.05, 3.63) is 65.6 Å². The highest BCUT2D eigenvalue weighted by Crippen LogP contribution is 2.28. The van der Waals surface area contributed by atoms with E-state index in [1.807, 2.05) is 30.3 Å². The van der Waals surface area contributed by atoms with Gasteiger partial charge in [0, 0.05) is 31.5 Å². The Balaban J connectivity index is 1.68. The zero-order valence-electron chi connectivity index (χ0n) is 17.9. The van der Waals surface area contributed by atoms with Crippen LogP contribution in [0.3, 0.4) is 0 Å². The van der Waals surface area contributed by atoms with Gasteiger partial charge in [-0.15, -0.1) is 0 Å². The SMILES string of the molecule is COC(=O)c1cc(-c2ccc(C#N)c(F)c2)n(-c2ccc(N3CCC(OC)CC3)cc2)n1. The zero-order chi connectivity index (χ0) is 22.7. The second-order valence-electron chi connectivity index (χ2n) is 7.56. The summed E-state index contributed by atoms with van der Waals surface area (Å²) in [7, 11) is 3.03. The summed E-state index contributed by atoms with van der Waals surface area (Å²) < 4.78 is 26.1. The lowest BCUT2D eigenvalue weighted by atomic mass is 10.1. The highest BCUT2D eigenvalue weighted by atomic mass is 19.1. The summed E-state index contributed by atoms with van der Waals surface area (Å²) in [4.78, 5) is 14.4. The second-order valence-corrected chi connectivity index (χ2v) is 7.56. The van der Waals surface area contributed by atoms with Crippen LogP contribution < -0.4 is 4.90 Å². The van der Waals surface area contributed by atoms with E-state index in [9.17, 15) is 9.18 Å². The van der Waals surface area contributed by atoms with Gasteiger partial charge in [-0.05, 0) is 55.3 Å². The number of hydrogen-bond acceptors (Lipinski definition) is 6. The second kappa shape index (κ2) is 9.20. The Morgan fingerprint density at radius 1 is 1.09 bits per heavy atom. The van der Waals surface area contributed by atoms with Crippen LogP contribution in [0.15, 0.2) is 48.5 Å². The largest absolute Gasteiger partial charge is 0.464 e. The average molecular weight is 434 g/mol. The van der Waals surface area contributed by atoms with Gasteiger partial charge in [0.05, 0.1) is 30.2 Å². The van der Waals surface area contributed by atoms with Crippen molar-refractivity contribution in [2.45, 2.75) is 18.9 Å². The Labute approximate surface area is 185 Å². The van der Waals surface area contributed by atoms with Crippen molar-refractivity contribution in [2.24, 2.45) is 0 Å². The molecule has 0 N–H and O–H groups in total. The molecule has 1 aromatic heterocycles. The molecule has 1 aliphatic rings. The van der Waals surface area contributed by atoms with Crippen LogP contribution in [0.4, 0.5) is 10.1 Å². The Bertz CT molecular complexity index is 1160. The van der Waals surface area contributed by atoms with Crippen LogP contribution in [0.25, 0.3) is 16.9 Å². The van der Waals surface area contributed by atoms with Gasteiger partial charge in [0.25, 0.3) is 0 Å². The zero-order valence-corrected chi connectivity index (χ0v) is 17.9. The Kier molecular flexibility index (Phi) is 6.19. The van der Waals surface area contributed by atoms with Crippen molar-refractivity contribution in [1.29, 1.82) is 5.26 Å². The predicted octanol–water partition coefficient (Wildman–Crippen LogP) is 3.95. The molecule has 0 unspecified atom stereocenters. The monoisotopic (exact) mass is 434 g/mol. The molecule has 32 heavy (non-hydrogen) atoms. The Hall–Kier alpha value is -3.70. The van der Waals surface area contributed by atoms with Crippen LogP contribution in [0.1, 0.15) is 28.9 Å². The van der Waals surface area contributed by atoms with Gasteiger partial charge >= 0.3 is 5.97 Å². The number of carbonyl (C=O) groups excluding carboxylic acids is 1. The molecular formula is C24H23FN4O3. The number of nitrogens with zero attached hydrogens (tertiary/aromatic N) is 4. The molecule has 0 bridgehead atoms. The van der Waals surface area contributed by atoms with Gasteiger partial charge in [0.1, 0.15) is 11.9 Å². The van der Waals surface area contributed by atoms with Gasteiger partial charge in [0.2, 0.25) is 0 Å². The molecule has 0 atom stereocenters. The van der Waals surface area contributed by atoms with E-state index in [1.165, 1.54) is 19.2 Å². The summed E-state index contributed by atoms with van der Waals surface area (Å²) in [6.07, 6.45) is 2.27. The number of piperidine rings is 1. The number of carbonyl (C=O) groups is 1. The average Bonchev–Trinajstić information content (AvgIpc) is 3.29. The minimum Gasteiger partial charge on any atom is -0.464 e. The van der Waals surface area contributed by atoms with Gasteiger partial charge in [0.15, 0.2) is 5.69 Å². The number of ether oxygens (including phenoxy) is 2. The first-order valence-corrected chi connectivity index (χ1v) is 10.3. The minimum atomic E-state index is -0.632. The molecule has 0 radical (unpaired) electrons. The Morgan fingerprint density at radius 2 is 1.78 bits per heavy atom. The van der Waals surface area contributed by atoms with Crippen LogP contribution in [0.2, 0.25) is 0 Å². The molecule has 1 fully saturated rings. The molecule has 1 aliphatic heterocycles. The van der Waals surface area contributed by atoms with Crippen molar-refractivity contribution in [3.8, 4) is 23.0 Å². The minimum absolute atomic E-state index is 0.0467. The van der Waals surface area contributed by atoms with Crippen molar-refractivity contribution >= 4 is 11.7 Å². The van der Waals surface area contributed by atoms with Gasteiger partial charge in [-0.1, -0.05) is 6.07 Å². The van der Waals surface area contributed by atoms with E-state index < -0.39 is 11.8 Å². The molecule has 2 heterocycles. The standard InChI is InChI=1S/C24H23FN4O3/c1-31-20-9-11-28(12-10-20)18-5-7-19(8-6-18)29-23(14-22(27-29)24(30)32-2)16-3-4-17(15-26)21(25)13-16/h3-8,13-14,20H,9-12H2,1-2H3. The maximum absolute atomic E-state index is 14.3. The summed E-state index contributed by atoms with van der Waals surface area (Å²) in [5, 5.41) is 13.4. The fourth-order valence-electron chi connectivity index (χ4n) is 3.91. The molecule has 0 saturated carbocycles. The first-order valence-electron chi connectivity index (χ1n) is 10.3. The van der Waals surface area contributed by atoms with E-state index in [-0.39, 0.29) is 11.3 Å². The van der Waals surface area contributed by atoms with Crippen LogP contribution >= 0.6 is 0 Å². The molecule has 0 aliphatic carbocycles. The number of hydrogen-bond donors (Lipinski definition) is 0. The Morgan fingerprint density at radius 3 is 2.38 bits per heavy atom. The molecule has 2 aromatic carbocycles. The van der Waals surface area contributed by atoms with Crippen LogP contribution in [0.5, 0.6) is 0 Å². The fourth-order valence-corrected chi connectivity index (χ4v) is 3.91. The first-order chi connectivity index (χ1) is 15.5. The van der Waals surface area contributed by atoms with Crippen LogP contribution in [0, 0.1) is 17.1 Å². The fraction of sp³-hybridized carbons (Fsp3) is 0.292. The third-order valence-corrected chi connectivity index (χ3v) is 5.72. The smallest absolute Gasteiger partial charge is 0.358 e. The summed E-state index contributed by atoms with van der Waals surface area (Å²) in [5.41, 5.74) is 2.88. The summed E-state index contributed by atoms with van der Waals surface area (Å²) in [5.74, 6) is -1.22. The maximum Gasteiger partial charge on any atom is 0.358 e. The van der Waals surface area contributed by atoms with Gasteiger partial charge in [-0.25, -0.2) is 13.9 Å². The number of anilines is 1. The summed E-state index contributed by atoms with van der Waals surface area (Å²) in [6.45, 7) is 1.84. The van der Waals surface area contributed by atoms with Crippen molar-refractivity contribution in [3.63, 3.8) is 0 Å². The third kappa shape index (κ3) is 4.20. The van der Waals surface area contributed by atoms with Crippen molar-refractivity contribution in [1.82, 2.24) is 9.78 Å². The molecule has 8 heteroatoms. The number of aromatic nitrogens is 2. The van der Waals surface area contributed by atoms with Crippen LogP contribution in [-0.4, -0.2) is 49.2 Å². The van der Waals surface area contributed by atoms with E-state index in [0.29, 0.717) is 17.4 Å². The molecular weight excluding hydrogens is 411 g/mol. The lowest BCUT2D eigenvalue weighted by Crippen LogP contribution is -2.36. The molecule has 4 rings (SSSR count). The van der Waals surface area contributed by atoms with Crippen molar-refractivity contribution < 1.29 is 18.7 Å². The lowest BCUT2D eigenvalue weighted by molar-refractivity contribution is 0.0593. The van der Waals surface area contributed by atoms with E-state index in [2.05, 4.69) is 10.00 Å². The van der Waals surface area contributed by atoms with E-state index in [0.717, 1.165) is 37.3 Å². The molecule has 7 nitrogen and oxygen atoms in total.